The molecule has 2 aliphatic rings. The van der Waals surface area contributed by atoms with E-state index < -0.39 is 10.0 Å². The number of anilines is 2. The predicted molar refractivity (Wildman–Crippen MR) is 127 cm³/mol. The van der Waals surface area contributed by atoms with Crippen LogP contribution >= 0.6 is 0 Å². The SMILES string of the molecule is CS(=O)(=O)N1CCN(C(=O)Cn2ncc3c(-c4cnc(N)nc4)nc(N4CCOCC4)nc32)CC1. The molecule has 2 saturated heterocycles. The molecule has 5 rings (SSSR count). The van der Waals surface area contributed by atoms with Crippen LogP contribution in [0.2, 0.25) is 0 Å². The number of carbonyl (C=O) groups is 1. The molecule has 0 spiro atoms. The maximum atomic E-state index is 13.0. The van der Waals surface area contributed by atoms with Crippen LogP contribution in [-0.4, -0.2) is 112 Å². The van der Waals surface area contributed by atoms with Gasteiger partial charge >= 0.3 is 0 Å². The highest BCUT2D eigenvalue weighted by Gasteiger charge is 2.27. The minimum absolute atomic E-state index is 0.0282. The zero-order chi connectivity index (χ0) is 24.6. The van der Waals surface area contributed by atoms with Crippen LogP contribution in [0, 0.1) is 0 Å². The Labute approximate surface area is 201 Å². The second kappa shape index (κ2) is 9.31. The van der Waals surface area contributed by atoms with Crippen LogP contribution in [0.15, 0.2) is 18.6 Å². The number of sulfonamides is 1. The highest BCUT2D eigenvalue weighted by molar-refractivity contribution is 7.88. The summed E-state index contributed by atoms with van der Waals surface area (Å²) < 4.78 is 31.9. The van der Waals surface area contributed by atoms with Crippen molar-refractivity contribution in [2.24, 2.45) is 0 Å². The molecule has 14 nitrogen and oxygen atoms in total. The third-order valence-corrected chi connectivity index (χ3v) is 7.37. The van der Waals surface area contributed by atoms with Crippen molar-refractivity contribution >= 4 is 38.9 Å². The van der Waals surface area contributed by atoms with Crippen molar-refractivity contribution < 1.29 is 17.9 Å². The summed E-state index contributed by atoms with van der Waals surface area (Å²) in [5.41, 5.74) is 7.42. The lowest BCUT2D eigenvalue weighted by Crippen LogP contribution is -2.51. The van der Waals surface area contributed by atoms with E-state index in [1.165, 1.54) is 10.6 Å². The molecule has 35 heavy (non-hydrogen) atoms. The highest BCUT2D eigenvalue weighted by atomic mass is 32.2. The Bertz CT molecular complexity index is 1330. The Morgan fingerprint density at radius 3 is 2.37 bits per heavy atom. The quantitative estimate of drug-likeness (QED) is 0.445. The molecule has 0 unspecified atom stereocenters. The number of piperazine rings is 1. The second-order valence-corrected chi connectivity index (χ2v) is 10.4. The second-order valence-electron chi connectivity index (χ2n) is 8.38. The number of carbonyl (C=O) groups excluding carboxylic acids is 1. The topological polar surface area (TPSA) is 166 Å². The van der Waals surface area contributed by atoms with E-state index in [9.17, 15) is 13.2 Å². The zero-order valence-corrected chi connectivity index (χ0v) is 20.1. The number of rotatable bonds is 5. The fourth-order valence-corrected chi connectivity index (χ4v) is 4.97. The van der Waals surface area contributed by atoms with Crippen molar-refractivity contribution in [3.05, 3.63) is 18.6 Å². The summed E-state index contributed by atoms with van der Waals surface area (Å²) >= 11 is 0. The van der Waals surface area contributed by atoms with Crippen LogP contribution < -0.4 is 10.6 Å². The van der Waals surface area contributed by atoms with Gasteiger partial charge in [-0.1, -0.05) is 0 Å². The Hall–Kier alpha value is -3.43. The first-order valence-corrected chi connectivity index (χ1v) is 13.0. The molecule has 2 aliphatic heterocycles. The number of hydrogen-bond donors (Lipinski definition) is 1. The molecule has 2 N–H and O–H groups in total. The molecule has 0 bridgehead atoms. The van der Waals surface area contributed by atoms with E-state index >= 15 is 0 Å². The van der Waals surface area contributed by atoms with Gasteiger partial charge in [0.25, 0.3) is 0 Å². The van der Waals surface area contributed by atoms with Crippen LogP contribution in [0.4, 0.5) is 11.9 Å². The van der Waals surface area contributed by atoms with E-state index in [-0.39, 0.29) is 31.5 Å². The standard InChI is InChI=1S/C20H26N10O4S/c1-35(32,33)29-4-2-27(3-5-29)16(31)13-30-18-15(12-24-30)17(14-10-22-19(21)23-11-14)25-20(26-18)28-6-8-34-9-7-28/h10-12H,2-9,13H2,1H3,(H2,21,22,23). The fourth-order valence-electron chi connectivity index (χ4n) is 4.14. The van der Waals surface area contributed by atoms with Crippen LogP contribution in [0.1, 0.15) is 0 Å². The van der Waals surface area contributed by atoms with E-state index in [0.717, 1.165) is 0 Å². The van der Waals surface area contributed by atoms with Crippen LogP contribution in [-0.2, 0) is 26.1 Å². The molecular formula is C20H26N10O4S. The first-order valence-electron chi connectivity index (χ1n) is 11.2. The molecule has 0 aromatic carbocycles. The molecule has 5 heterocycles. The third-order valence-electron chi connectivity index (χ3n) is 6.07. The number of nitrogens with two attached hydrogens (primary N) is 1. The van der Waals surface area contributed by atoms with Crippen molar-refractivity contribution in [3.8, 4) is 11.3 Å². The Morgan fingerprint density at radius 2 is 1.71 bits per heavy atom. The van der Waals surface area contributed by atoms with Gasteiger partial charge in [-0.2, -0.15) is 14.4 Å². The summed E-state index contributed by atoms with van der Waals surface area (Å²) in [6.07, 6.45) is 5.99. The first-order chi connectivity index (χ1) is 16.8. The third kappa shape index (κ3) is 4.87. The number of nitrogen functional groups attached to an aromatic ring is 1. The monoisotopic (exact) mass is 502 g/mol. The maximum absolute atomic E-state index is 13.0. The smallest absolute Gasteiger partial charge is 0.244 e. The molecule has 0 atom stereocenters. The molecule has 0 radical (unpaired) electrons. The predicted octanol–water partition coefficient (Wildman–Crippen LogP) is -1.19. The average Bonchev–Trinajstić information content (AvgIpc) is 3.26. The van der Waals surface area contributed by atoms with E-state index in [0.29, 0.717) is 67.6 Å². The van der Waals surface area contributed by atoms with Crippen molar-refractivity contribution in [3.63, 3.8) is 0 Å². The molecule has 3 aromatic heterocycles. The van der Waals surface area contributed by atoms with E-state index in [1.54, 1.807) is 28.2 Å². The van der Waals surface area contributed by atoms with Crippen molar-refractivity contribution in [2.75, 3.05) is 69.4 Å². The summed E-state index contributed by atoms with van der Waals surface area (Å²) in [5, 5.41) is 5.08. The number of hydrogen-bond acceptors (Lipinski definition) is 11. The Morgan fingerprint density at radius 1 is 1.03 bits per heavy atom. The summed E-state index contributed by atoms with van der Waals surface area (Å²) in [7, 11) is -3.27. The fraction of sp³-hybridized carbons (Fsp3) is 0.500. The normalized spacial score (nSPS) is 17.7. The summed E-state index contributed by atoms with van der Waals surface area (Å²) in [6.45, 7) is 3.59. The maximum Gasteiger partial charge on any atom is 0.244 e. The molecular weight excluding hydrogens is 476 g/mol. The van der Waals surface area contributed by atoms with Gasteiger partial charge in [0.05, 0.1) is 36.7 Å². The van der Waals surface area contributed by atoms with Gasteiger partial charge in [-0.15, -0.1) is 0 Å². The van der Waals surface area contributed by atoms with Gasteiger partial charge in [0, 0.05) is 57.2 Å². The molecule has 2 fully saturated rings. The summed E-state index contributed by atoms with van der Waals surface area (Å²) in [5.74, 6) is 0.500. The molecule has 0 aliphatic carbocycles. The van der Waals surface area contributed by atoms with Gasteiger partial charge in [0.1, 0.15) is 6.54 Å². The molecule has 15 heteroatoms. The minimum Gasteiger partial charge on any atom is -0.378 e. The van der Waals surface area contributed by atoms with E-state index in [1.807, 2.05) is 4.90 Å². The van der Waals surface area contributed by atoms with Crippen LogP contribution in [0.5, 0.6) is 0 Å². The minimum atomic E-state index is -3.27. The number of nitrogens with zero attached hydrogens (tertiary/aromatic N) is 9. The summed E-state index contributed by atoms with van der Waals surface area (Å²) in [4.78, 5) is 34.4. The average molecular weight is 503 g/mol. The highest BCUT2D eigenvalue weighted by Crippen LogP contribution is 2.28. The number of amides is 1. The number of morpholine rings is 1. The summed E-state index contributed by atoms with van der Waals surface area (Å²) in [6, 6.07) is 0. The largest absolute Gasteiger partial charge is 0.378 e. The van der Waals surface area contributed by atoms with E-state index in [4.69, 9.17) is 20.4 Å². The van der Waals surface area contributed by atoms with Crippen molar-refractivity contribution in [1.29, 1.82) is 0 Å². The van der Waals surface area contributed by atoms with Gasteiger partial charge in [0.2, 0.25) is 27.8 Å². The van der Waals surface area contributed by atoms with Crippen LogP contribution in [0.3, 0.4) is 0 Å². The van der Waals surface area contributed by atoms with Gasteiger partial charge < -0.3 is 20.3 Å². The lowest BCUT2D eigenvalue weighted by Gasteiger charge is -2.33. The first kappa shape index (κ1) is 23.3. The Balaban J connectivity index is 1.45. The Kier molecular flexibility index (Phi) is 6.21. The van der Waals surface area contributed by atoms with E-state index in [2.05, 4.69) is 15.1 Å². The molecule has 1 amide bonds. The van der Waals surface area contributed by atoms with Crippen LogP contribution in [0.25, 0.3) is 22.3 Å². The van der Waals surface area contributed by atoms with Gasteiger partial charge in [-0.3, -0.25) is 4.79 Å². The molecule has 3 aromatic rings. The van der Waals surface area contributed by atoms with Crippen molar-refractivity contribution in [1.82, 2.24) is 38.9 Å². The van der Waals surface area contributed by atoms with Crippen molar-refractivity contribution in [2.45, 2.75) is 6.54 Å². The lowest BCUT2D eigenvalue weighted by molar-refractivity contribution is -0.133. The van der Waals surface area contributed by atoms with Gasteiger partial charge in [-0.05, 0) is 0 Å². The molecule has 0 saturated carbocycles. The number of aromatic nitrogens is 6. The lowest BCUT2D eigenvalue weighted by atomic mass is 10.2. The van der Waals surface area contributed by atoms with Gasteiger partial charge in [0.15, 0.2) is 5.65 Å². The number of ether oxygens (including phenoxy) is 1. The van der Waals surface area contributed by atoms with Gasteiger partial charge in [-0.25, -0.2) is 28.1 Å². The molecule has 186 valence electrons. The zero-order valence-electron chi connectivity index (χ0n) is 19.2. The number of fused-ring (bicyclic) bond motifs is 1.